The van der Waals surface area contributed by atoms with Crippen LogP contribution in [0, 0.1) is 0 Å². The summed E-state index contributed by atoms with van der Waals surface area (Å²) in [7, 11) is 0. The normalized spacial score (nSPS) is 15.5. The van der Waals surface area contributed by atoms with E-state index < -0.39 is 0 Å². The Morgan fingerprint density at radius 2 is 1.91 bits per heavy atom. The van der Waals surface area contributed by atoms with E-state index in [9.17, 15) is 4.79 Å². The molecule has 1 aliphatic carbocycles. The smallest absolute Gasteiger partial charge is 0.261 e. The Morgan fingerprint density at radius 1 is 1.22 bits per heavy atom. The van der Waals surface area contributed by atoms with Crippen LogP contribution in [0.4, 0.5) is 0 Å². The highest BCUT2D eigenvalue weighted by atomic mass is 32.1. The van der Waals surface area contributed by atoms with Crippen LogP contribution in [0.1, 0.15) is 62.2 Å². The zero-order valence-corrected chi connectivity index (χ0v) is 14.6. The van der Waals surface area contributed by atoms with Gasteiger partial charge in [0, 0.05) is 6.04 Å². The molecule has 1 aliphatic rings. The summed E-state index contributed by atoms with van der Waals surface area (Å²) in [5, 5.41) is 6.47. The fourth-order valence-corrected chi connectivity index (χ4v) is 3.07. The first-order chi connectivity index (χ1) is 11.2. The molecule has 1 aromatic rings. The highest BCUT2D eigenvalue weighted by Gasteiger charge is 2.16. The predicted molar refractivity (Wildman–Crippen MR) is 96.9 cm³/mol. The number of para-hydroxylation sites is 1. The zero-order chi connectivity index (χ0) is 16.5. The molecule has 0 radical (unpaired) electrons. The maximum atomic E-state index is 12.4. The van der Waals surface area contributed by atoms with Crippen LogP contribution in [0.25, 0.3) is 0 Å². The van der Waals surface area contributed by atoms with Gasteiger partial charge in [-0.15, -0.1) is 0 Å². The van der Waals surface area contributed by atoms with E-state index in [1.54, 1.807) is 6.07 Å². The summed E-state index contributed by atoms with van der Waals surface area (Å²) in [6, 6.07) is 7.64. The van der Waals surface area contributed by atoms with Crippen LogP contribution >= 0.6 is 12.2 Å². The second-order valence-electron chi connectivity index (χ2n) is 5.96. The van der Waals surface area contributed by atoms with Crippen molar-refractivity contribution in [2.45, 2.75) is 57.9 Å². The molecular formula is C18H26N2O2S. The van der Waals surface area contributed by atoms with Crippen molar-refractivity contribution >= 4 is 23.2 Å². The minimum atomic E-state index is -0.220. The minimum absolute atomic E-state index is 0.220. The molecule has 0 heterocycles. The van der Waals surface area contributed by atoms with Gasteiger partial charge in [0.05, 0.1) is 12.2 Å². The molecule has 1 fully saturated rings. The SMILES string of the molecule is CCCOc1ccccc1C(=O)NC(=S)NC1CCCCCC1. The summed E-state index contributed by atoms with van der Waals surface area (Å²) < 4.78 is 5.63. The standard InChI is InChI=1S/C18H26N2O2S/c1-2-13-22-16-12-8-7-11-15(16)17(21)20-18(23)19-14-9-5-3-4-6-10-14/h7-8,11-12,14H,2-6,9-10,13H2,1H3,(H2,19,20,21,23). The van der Waals surface area contributed by atoms with Gasteiger partial charge in [-0.1, -0.05) is 44.7 Å². The van der Waals surface area contributed by atoms with Crippen LogP contribution in [-0.2, 0) is 0 Å². The monoisotopic (exact) mass is 334 g/mol. The molecule has 23 heavy (non-hydrogen) atoms. The molecule has 5 heteroatoms. The lowest BCUT2D eigenvalue weighted by atomic mass is 10.1. The summed E-state index contributed by atoms with van der Waals surface area (Å²) in [6.45, 7) is 2.63. The van der Waals surface area contributed by atoms with Crippen molar-refractivity contribution in [3.63, 3.8) is 0 Å². The van der Waals surface area contributed by atoms with Gasteiger partial charge < -0.3 is 10.1 Å². The van der Waals surface area contributed by atoms with Crippen molar-refractivity contribution in [1.82, 2.24) is 10.6 Å². The van der Waals surface area contributed by atoms with Gasteiger partial charge in [-0.05, 0) is 43.6 Å². The van der Waals surface area contributed by atoms with E-state index in [2.05, 4.69) is 10.6 Å². The third kappa shape index (κ3) is 5.82. The highest BCUT2D eigenvalue weighted by Crippen LogP contribution is 2.19. The third-order valence-electron chi connectivity index (χ3n) is 4.01. The van der Waals surface area contributed by atoms with Gasteiger partial charge in [0.25, 0.3) is 5.91 Å². The van der Waals surface area contributed by atoms with E-state index in [0.29, 0.717) is 29.1 Å². The Kier molecular flexibility index (Phi) is 7.33. The van der Waals surface area contributed by atoms with Crippen molar-refractivity contribution < 1.29 is 9.53 Å². The van der Waals surface area contributed by atoms with Crippen molar-refractivity contribution in [2.24, 2.45) is 0 Å². The first-order valence-corrected chi connectivity index (χ1v) is 8.95. The fourth-order valence-electron chi connectivity index (χ4n) is 2.81. The van der Waals surface area contributed by atoms with Crippen molar-refractivity contribution in [2.75, 3.05) is 6.61 Å². The van der Waals surface area contributed by atoms with Crippen molar-refractivity contribution in [1.29, 1.82) is 0 Å². The first-order valence-electron chi connectivity index (χ1n) is 8.54. The molecule has 126 valence electrons. The Bertz CT molecular complexity index is 526. The molecule has 2 rings (SSSR count). The number of hydrogen-bond acceptors (Lipinski definition) is 3. The maximum Gasteiger partial charge on any atom is 0.261 e. The minimum Gasteiger partial charge on any atom is -0.493 e. The summed E-state index contributed by atoms with van der Waals surface area (Å²) in [5.41, 5.74) is 0.519. The van der Waals surface area contributed by atoms with E-state index in [4.69, 9.17) is 17.0 Å². The van der Waals surface area contributed by atoms with E-state index in [0.717, 1.165) is 19.3 Å². The summed E-state index contributed by atoms with van der Waals surface area (Å²) in [5.74, 6) is 0.381. The Morgan fingerprint density at radius 3 is 2.61 bits per heavy atom. The Balaban J connectivity index is 1.91. The van der Waals surface area contributed by atoms with Crippen LogP contribution in [0.2, 0.25) is 0 Å². The highest BCUT2D eigenvalue weighted by molar-refractivity contribution is 7.80. The zero-order valence-electron chi connectivity index (χ0n) is 13.8. The van der Waals surface area contributed by atoms with Crippen LogP contribution in [-0.4, -0.2) is 23.7 Å². The molecule has 0 atom stereocenters. The Hall–Kier alpha value is -1.62. The lowest BCUT2D eigenvalue weighted by Crippen LogP contribution is -2.44. The lowest BCUT2D eigenvalue weighted by Gasteiger charge is -2.19. The molecule has 0 unspecified atom stereocenters. The number of hydrogen-bond donors (Lipinski definition) is 2. The summed E-state index contributed by atoms with van der Waals surface area (Å²) >= 11 is 5.30. The molecule has 1 saturated carbocycles. The number of benzene rings is 1. The molecule has 0 aliphatic heterocycles. The van der Waals surface area contributed by atoms with Crippen molar-refractivity contribution in [3.8, 4) is 5.75 Å². The van der Waals surface area contributed by atoms with Gasteiger partial charge in [0.15, 0.2) is 5.11 Å². The number of carbonyl (C=O) groups excluding carboxylic acids is 1. The number of amides is 1. The predicted octanol–water partition coefficient (Wildman–Crippen LogP) is 3.80. The van der Waals surface area contributed by atoms with Gasteiger partial charge in [0.2, 0.25) is 0 Å². The maximum absolute atomic E-state index is 12.4. The quantitative estimate of drug-likeness (QED) is 0.635. The number of rotatable bonds is 5. The number of carbonyl (C=O) groups is 1. The first kappa shape index (κ1) is 17.7. The lowest BCUT2D eigenvalue weighted by molar-refractivity contribution is 0.0972. The molecule has 1 aromatic carbocycles. The second kappa shape index (κ2) is 9.50. The largest absolute Gasteiger partial charge is 0.493 e. The van der Waals surface area contributed by atoms with E-state index in [1.165, 1.54) is 25.7 Å². The van der Waals surface area contributed by atoms with Crippen LogP contribution < -0.4 is 15.4 Å². The summed E-state index contributed by atoms with van der Waals surface area (Å²) in [4.78, 5) is 12.4. The number of thiocarbonyl (C=S) groups is 1. The second-order valence-corrected chi connectivity index (χ2v) is 6.37. The molecule has 0 aromatic heterocycles. The van der Waals surface area contributed by atoms with Gasteiger partial charge >= 0.3 is 0 Å². The topological polar surface area (TPSA) is 50.4 Å². The van der Waals surface area contributed by atoms with Gasteiger partial charge in [0.1, 0.15) is 5.75 Å². The van der Waals surface area contributed by atoms with Crippen LogP contribution in [0.5, 0.6) is 5.75 Å². The van der Waals surface area contributed by atoms with Gasteiger partial charge in [-0.25, -0.2) is 0 Å². The molecule has 0 spiro atoms. The average molecular weight is 334 g/mol. The third-order valence-corrected chi connectivity index (χ3v) is 4.23. The molecule has 1 amide bonds. The number of nitrogens with one attached hydrogen (secondary N) is 2. The molecule has 2 N–H and O–H groups in total. The molecular weight excluding hydrogens is 308 g/mol. The molecule has 0 bridgehead atoms. The van der Waals surface area contributed by atoms with Gasteiger partial charge in [-0.2, -0.15) is 0 Å². The molecule has 0 saturated heterocycles. The van der Waals surface area contributed by atoms with Crippen molar-refractivity contribution in [3.05, 3.63) is 29.8 Å². The molecule has 4 nitrogen and oxygen atoms in total. The van der Waals surface area contributed by atoms with Crippen LogP contribution in [0.3, 0.4) is 0 Å². The van der Waals surface area contributed by atoms with Crippen LogP contribution in [0.15, 0.2) is 24.3 Å². The van der Waals surface area contributed by atoms with E-state index in [-0.39, 0.29) is 5.91 Å². The fraction of sp³-hybridized carbons (Fsp3) is 0.556. The van der Waals surface area contributed by atoms with E-state index in [1.807, 2.05) is 25.1 Å². The van der Waals surface area contributed by atoms with E-state index >= 15 is 0 Å². The number of ether oxygens (including phenoxy) is 1. The summed E-state index contributed by atoms with van der Waals surface area (Å²) in [6.07, 6.45) is 8.17. The average Bonchev–Trinajstić information content (AvgIpc) is 2.81. The Labute approximate surface area is 144 Å². The van der Waals surface area contributed by atoms with Gasteiger partial charge in [-0.3, -0.25) is 10.1 Å².